The Labute approximate surface area is 621 Å². The van der Waals surface area contributed by atoms with E-state index in [1.165, 1.54) is 43.5 Å². The van der Waals surface area contributed by atoms with Crippen molar-refractivity contribution in [3.05, 3.63) is 179 Å². The zero-order valence-electron chi connectivity index (χ0n) is 60.6. The third kappa shape index (κ3) is 25.8. The van der Waals surface area contributed by atoms with Gasteiger partial charge in [-0.3, -0.25) is 73.0 Å². The molecule has 2 fully saturated rings. The second kappa shape index (κ2) is 40.9. The first-order valence-corrected chi connectivity index (χ1v) is 36.0. The van der Waals surface area contributed by atoms with Crippen LogP contribution in [-0.4, -0.2) is 207 Å². The monoisotopic (exact) mass is 1470 g/mol. The van der Waals surface area contributed by atoms with E-state index in [9.17, 15) is 53.4 Å². The summed E-state index contributed by atoms with van der Waals surface area (Å²) in [4.78, 5) is 168. The number of guanidine groups is 1. The predicted octanol–water partition coefficient (Wildman–Crippen LogP) is 0.756. The van der Waals surface area contributed by atoms with Gasteiger partial charge in [0.15, 0.2) is 5.96 Å². The number of nitrogens with one attached hydrogen (secondary N) is 11. The molecule has 570 valence electrons. The van der Waals surface area contributed by atoms with E-state index in [4.69, 9.17) is 15.9 Å². The number of pyridine rings is 2. The fourth-order valence-electron chi connectivity index (χ4n) is 12.8. The van der Waals surface area contributed by atoms with Crippen LogP contribution in [0, 0.1) is 11.3 Å². The number of ether oxygens (including phenoxy) is 1. The number of morpholine rings is 1. The van der Waals surface area contributed by atoms with Crippen LogP contribution in [0.15, 0.2) is 146 Å². The number of carbonyl (C=O) groups excluding carboxylic acids is 10. The smallest absolute Gasteiger partial charge is 0.325 e. The molecule has 2 saturated heterocycles. The zero-order chi connectivity index (χ0) is 76.9. The highest BCUT2D eigenvalue weighted by atomic mass is 16.5. The Kier molecular flexibility index (Phi) is 31.1. The summed E-state index contributed by atoms with van der Waals surface area (Å²) in [6.45, 7) is 8.55. The number of amides is 10. The molecule has 4 heterocycles. The first-order chi connectivity index (χ1) is 51.4. The van der Waals surface area contributed by atoms with Crippen LogP contribution in [0.25, 0.3) is 10.8 Å². The van der Waals surface area contributed by atoms with Crippen molar-refractivity contribution in [1.29, 1.82) is 5.41 Å². The number of nitrogens with zero attached hydrogens (tertiary/aromatic N) is 4. The number of aliphatic hydroxyl groups is 1. The van der Waals surface area contributed by atoms with Gasteiger partial charge in [0.05, 0.1) is 19.8 Å². The van der Waals surface area contributed by atoms with Crippen molar-refractivity contribution in [2.45, 2.75) is 159 Å². The molecule has 0 aliphatic carbocycles. The number of aliphatic hydroxyl groups excluding tert-OH is 1. The van der Waals surface area contributed by atoms with Gasteiger partial charge in [-0.15, -0.1) is 0 Å². The number of benzene rings is 4. The number of nitrogens with two attached hydrogens (primary N) is 1. The van der Waals surface area contributed by atoms with Crippen LogP contribution in [0.5, 0.6) is 0 Å². The molecule has 4 aromatic carbocycles. The van der Waals surface area contributed by atoms with Gasteiger partial charge in [0.25, 0.3) is 0 Å². The molecule has 8 rings (SSSR count). The van der Waals surface area contributed by atoms with Crippen molar-refractivity contribution >= 4 is 81.8 Å². The lowest BCUT2D eigenvalue weighted by Crippen LogP contribution is -2.62. The molecule has 107 heavy (non-hydrogen) atoms. The first kappa shape index (κ1) is 81.4. The molecule has 0 unspecified atom stereocenters. The topological polar surface area (TPSA) is 440 Å². The van der Waals surface area contributed by atoms with Gasteiger partial charge in [-0.25, -0.2) is 0 Å². The van der Waals surface area contributed by atoms with E-state index in [0.29, 0.717) is 61.5 Å². The summed E-state index contributed by atoms with van der Waals surface area (Å²) in [6.07, 6.45) is 6.11. The molecule has 0 radical (unpaired) electrons. The maximum Gasteiger partial charge on any atom is 0.325 e. The highest BCUT2D eigenvalue weighted by molar-refractivity contribution is 5.99. The SMILES string of the molecule is CC(=O)N[C@H](Cc1ccc2ccccc2c1)C(=O)N[C@H](Cc1ccccc1)C(=O)N[C@H](Cc1cccnc1)C(=O)N[C@@H](CO)C(=O)N[C@@H](Cc1ccc(CN2CCOCC2)cc1)C(=O)N[C@H](Cc1cccnc1)C(=O)N[C@@H](CC(C)C)C(=O)N[C@@H](CCCNC(=N)N)C(=O)N1CCC[C@H]1C(=O)N[C@H](C)C(=O)O. The van der Waals surface area contributed by atoms with Gasteiger partial charge >= 0.3 is 5.97 Å². The molecule has 0 spiro atoms. The van der Waals surface area contributed by atoms with E-state index < -0.39 is 132 Å². The van der Waals surface area contributed by atoms with Crippen LogP contribution in [-0.2, 0) is 96.1 Å². The summed E-state index contributed by atoms with van der Waals surface area (Å²) in [5.74, 6) is -9.82. The molecule has 6 aromatic rings. The summed E-state index contributed by atoms with van der Waals surface area (Å²) in [6, 6.07) is 22.2. The third-order valence-electron chi connectivity index (χ3n) is 18.4. The first-order valence-electron chi connectivity index (χ1n) is 36.0. The molecule has 30 nitrogen and oxygen atoms in total. The number of hydrogen-bond acceptors (Lipinski definition) is 17. The summed E-state index contributed by atoms with van der Waals surface area (Å²) >= 11 is 0. The second-order valence-corrected chi connectivity index (χ2v) is 27.3. The van der Waals surface area contributed by atoms with Gasteiger partial charge in [0.1, 0.15) is 60.4 Å². The molecule has 30 heteroatoms. The van der Waals surface area contributed by atoms with Gasteiger partial charge in [-0.2, -0.15) is 0 Å². The Morgan fingerprint density at radius 3 is 1.51 bits per heavy atom. The van der Waals surface area contributed by atoms with Gasteiger partial charge in [0.2, 0.25) is 59.1 Å². The van der Waals surface area contributed by atoms with Gasteiger partial charge in [-0.1, -0.05) is 123 Å². The maximum atomic E-state index is 15.3. The minimum atomic E-state index is -1.80. The van der Waals surface area contributed by atoms with Crippen LogP contribution in [0.2, 0.25) is 0 Å². The number of carbonyl (C=O) groups is 11. The number of likely N-dealkylation sites (tertiary alicyclic amines) is 1. The molecule has 2 aromatic heterocycles. The predicted molar refractivity (Wildman–Crippen MR) is 397 cm³/mol. The Morgan fingerprint density at radius 2 is 0.991 bits per heavy atom. The van der Waals surface area contributed by atoms with Crippen molar-refractivity contribution < 1.29 is 67.7 Å². The average molecular weight is 1470 g/mol. The van der Waals surface area contributed by atoms with Crippen molar-refractivity contribution in [2.24, 2.45) is 11.7 Å². The lowest BCUT2D eigenvalue weighted by molar-refractivity contribution is -0.144. The number of carboxylic acids is 1. The lowest BCUT2D eigenvalue weighted by atomic mass is 9.99. The minimum absolute atomic E-state index is 0.0134. The molecule has 15 N–H and O–H groups in total. The van der Waals surface area contributed by atoms with Crippen molar-refractivity contribution in [3.8, 4) is 0 Å². The molecule has 2 aliphatic rings. The van der Waals surface area contributed by atoms with Gasteiger partial charge in [0, 0.05) is 96.5 Å². The molecular weight excluding hydrogens is 1370 g/mol. The number of aliphatic carboxylic acids is 1. The minimum Gasteiger partial charge on any atom is -0.480 e. The highest BCUT2D eigenvalue weighted by Gasteiger charge is 2.41. The summed E-state index contributed by atoms with van der Waals surface area (Å²) in [5, 5.41) is 57.2. The van der Waals surface area contributed by atoms with E-state index in [0.717, 1.165) is 21.9 Å². The van der Waals surface area contributed by atoms with E-state index in [2.05, 4.69) is 68.0 Å². The standard InChI is InChI=1S/C77H98N16O14/c1-47(2)36-59(67(96)85-58(20-12-30-82-77(78)79)75(104)93-31-13-21-66(93)74(103)83-48(3)76(105)106)86-71(100)63(41-54-16-10-28-80-43-54)88-70(99)62(39-51-22-24-52(25-23-51)45-92-32-34-107-35-33-92)90-73(102)65(46-94)91-72(101)64(42-55-17-11-29-81-44-55)89-69(98)61(38-50-14-6-5-7-15-50)87-68(97)60(84-49(4)95)40-53-26-27-56-18-8-9-19-57(56)37-53/h5-11,14-19,22-29,37,43-44,47-48,58-66,94H,12-13,20-21,30-36,38-42,45-46H2,1-4H3,(H,83,103)(H,84,95)(H,85,96)(H,86,100)(H,87,97)(H,88,99)(H,89,98)(H,90,102)(H,91,101)(H,105,106)(H4,78,79,82)/t48-,58+,59+,60-,61-,62+,63-,64-,65+,66+/m1/s1. The fraction of sp³-hybridized carbons (Fsp3) is 0.429. The van der Waals surface area contributed by atoms with Crippen LogP contribution in [0.1, 0.15) is 93.2 Å². The number of rotatable bonds is 38. The molecule has 0 bridgehead atoms. The zero-order valence-corrected chi connectivity index (χ0v) is 60.6. The molecule has 0 saturated carbocycles. The Balaban J connectivity index is 1.05. The summed E-state index contributed by atoms with van der Waals surface area (Å²) < 4.78 is 5.54. The Hall–Kier alpha value is -11.2. The normalized spacial score (nSPS) is 16.1. The number of aromatic nitrogens is 2. The quantitative estimate of drug-likeness (QED) is 0.0144. The molecule has 10 atom stereocenters. The third-order valence-corrected chi connectivity index (χ3v) is 18.4. The number of hydrogen-bond donors (Lipinski definition) is 14. The van der Waals surface area contributed by atoms with Crippen molar-refractivity contribution in [1.82, 2.24) is 72.9 Å². The largest absolute Gasteiger partial charge is 0.480 e. The number of carboxylic acid groups (broad SMARTS) is 1. The molecular formula is C77H98N16O14. The van der Waals surface area contributed by atoms with Crippen molar-refractivity contribution in [2.75, 3.05) is 46.0 Å². The molecule has 2 aliphatic heterocycles. The van der Waals surface area contributed by atoms with E-state index in [-0.39, 0.29) is 82.8 Å². The second-order valence-electron chi connectivity index (χ2n) is 27.3. The van der Waals surface area contributed by atoms with Crippen LogP contribution in [0.3, 0.4) is 0 Å². The summed E-state index contributed by atoms with van der Waals surface area (Å²) in [7, 11) is 0. The number of fused-ring (bicyclic) bond motifs is 1. The van der Waals surface area contributed by atoms with E-state index in [1.807, 2.05) is 54.6 Å². The Morgan fingerprint density at radius 1 is 0.533 bits per heavy atom. The highest BCUT2D eigenvalue weighted by Crippen LogP contribution is 2.22. The fourth-order valence-corrected chi connectivity index (χ4v) is 12.8. The lowest BCUT2D eigenvalue weighted by Gasteiger charge is -2.31. The van der Waals surface area contributed by atoms with Gasteiger partial charge < -0.3 is 78.8 Å². The van der Waals surface area contributed by atoms with Crippen molar-refractivity contribution in [3.63, 3.8) is 0 Å². The van der Waals surface area contributed by atoms with E-state index >= 15 is 9.59 Å². The van der Waals surface area contributed by atoms with Crippen LogP contribution in [0.4, 0.5) is 0 Å². The maximum absolute atomic E-state index is 15.3. The van der Waals surface area contributed by atoms with Crippen LogP contribution < -0.4 is 58.9 Å². The van der Waals surface area contributed by atoms with Crippen LogP contribution >= 0.6 is 0 Å². The van der Waals surface area contributed by atoms with Gasteiger partial charge in [-0.05, 0) is 101 Å². The average Bonchev–Trinajstić information content (AvgIpc) is 1.80. The van der Waals surface area contributed by atoms with E-state index in [1.54, 1.807) is 80.6 Å². The summed E-state index contributed by atoms with van der Waals surface area (Å²) in [5.41, 5.74) is 9.34. The molecule has 10 amide bonds. The Bertz CT molecular complexity index is 4020.